The first-order chi connectivity index (χ1) is 12.6. The van der Waals surface area contributed by atoms with E-state index < -0.39 is 11.4 Å². The maximum Gasteiger partial charge on any atom is 0.338 e. The molecular formula is C23H22O4. The summed E-state index contributed by atoms with van der Waals surface area (Å²) in [5.74, 6) is 0.284. The smallest absolute Gasteiger partial charge is 0.338 e. The summed E-state index contributed by atoms with van der Waals surface area (Å²) in [7, 11) is 0. The number of ether oxygens (including phenoxy) is 2. The molecule has 0 aliphatic heterocycles. The van der Waals surface area contributed by atoms with Crippen LogP contribution in [0.2, 0.25) is 0 Å². The maximum absolute atomic E-state index is 12.1. The Bertz CT molecular complexity index is 1070. The molecule has 0 aromatic heterocycles. The van der Waals surface area contributed by atoms with Crippen LogP contribution in [-0.2, 0) is 9.59 Å². The normalized spacial score (nSPS) is 11.4. The van der Waals surface area contributed by atoms with Gasteiger partial charge >= 0.3 is 11.9 Å². The van der Waals surface area contributed by atoms with Crippen molar-refractivity contribution >= 4 is 33.5 Å². The van der Waals surface area contributed by atoms with Crippen LogP contribution in [0, 0.1) is 5.41 Å². The van der Waals surface area contributed by atoms with Crippen LogP contribution in [0.3, 0.4) is 0 Å². The van der Waals surface area contributed by atoms with E-state index in [-0.39, 0.29) is 5.97 Å². The molecule has 0 bridgehead atoms. The molecule has 0 fully saturated rings. The van der Waals surface area contributed by atoms with Crippen molar-refractivity contribution in [2.24, 2.45) is 5.41 Å². The van der Waals surface area contributed by atoms with Gasteiger partial charge in [0, 0.05) is 5.57 Å². The molecule has 3 aromatic carbocycles. The summed E-state index contributed by atoms with van der Waals surface area (Å²) in [6.45, 7) is 10.7. The van der Waals surface area contributed by atoms with Crippen LogP contribution in [0.5, 0.6) is 11.5 Å². The lowest BCUT2D eigenvalue weighted by Gasteiger charge is -2.16. The molecule has 0 heterocycles. The molecular weight excluding hydrogens is 340 g/mol. The Kier molecular flexibility index (Phi) is 4.75. The van der Waals surface area contributed by atoms with E-state index in [0.29, 0.717) is 17.1 Å². The Morgan fingerprint density at radius 1 is 0.815 bits per heavy atom. The average molecular weight is 362 g/mol. The highest BCUT2D eigenvalue weighted by molar-refractivity contribution is 6.08. The van der Waals surface area contributed by atoms with Crippen LogP contribution in [0.1, 0.15) is 27.7 Å². The molecule has 4 nitrogen and oxygen atoms in total. The molecule has 0 unspecified atom stereocenters. The Morgan fingerprint density at radius 2 is 1.30 bits per heavy atom. The minimum absolute atomic E-state index is 0.272. The molecule has 0 amide bonds. The largest absolute Gasteiger partial charge is 0.426 e. The molecule has 3 rings (SSSR count). The number of rotatable bonds is 3. The quantitative estimate of drug-likeness (QED) is 0.270. The van der Waals surface area contributed by atoms with Crippen molar-refractivity contribution in [3.05, 3.63) is 60.7 Å². The fourth-order valence-electron chi connectivity index (χ4n) is 2.61. The Labute approximate surface area is 158 Å². The standard InChI is InChI=1S/C23H22O4/c1-14(2)21(24)26-17-8-10-19-15(12-17)6-7-16-13-18(9-11-20(16)19)27-22(25)23(3,4)5/h6-13H,1H2,2-5H3. The summed E-state index contributed by atoms with van der Waals surface area (Å²) in [6.07, 6.45) is 0. The van der Waals surface area contributed by atoms with Crippen LogP contribution in [0.15, 0.2) is 60.7 Å². The van der Waals surface area contributed by atoms with Crippen molar-refractivity contribution in [3.63, 3.8) is 0 Å². The van der Waals surface area contributed by atoms with E-state index in [4.69, 9.17) is 9.47 Å². The van der Waals surface area contributed by atoms with Crippen LogP contribution < -0.4 is 9.47 Å². The van der Waals surface area contributed by atoms with Gasteiger partial charge in [0.1, 0.15) is 11.5 Å². The summed E-state index contributed by atoms with van der Waals surface area (Å²) in [5.41, 5.74) is -0.207. The van der Waals surface area contributed by atoms with Gasteiger partial charge in [0.2, 0.25) is 0 Å². The van der Waals surface area contributed by atoms with Gasteiger partial charge in [0.25, 0.3) is 0 Å². The topological polar surface area (TPSA) is 52.6 Å². The van der Waals surface area contributed by atoms with Gasteiger partial charge in [-0.1, -0.05) is 30.8 Å². The van der Waals surface area contributed by atoms with Gasteiger partial charge in [0.15, 0.2) is 0 Å². The van der Waals surface area contributed by atoms with E-state index in [0.717, 1.165) is 21.5 Å². The van der Waals surface area contributed by atoms with E-state index in [1.807, 2.05) is 57.2 Å². The van der Waals surface area contributed by atoms with E-state index in [1.54, 1.807) is 19.1 Å². The predicted octanol–water partition coefficient (Wildman–Crippen LogP) is 5.43. The SMILES string of the molecule is C=C(C)C(=O)Oc1ccc2c(ccc3cc(OC(=O)C(C)(C)C)ccc32)c1. The first-order valence-electron chi connectivity index (χ1n) is 8.72. The van der Waals surface area contributed by atoms with Gasteiger partial charge in [-0.25, -0.2) is 4.79 Å². The zero-order valence-electron chi connectivity index (χ0n) is 16.0. The lowest BCUT2D eigenvalue weighted by atomic mass is 9.97. The van der Waals surface area contributed by atoms with Crippen LogP contribution >= 0.6 is 0 Å². The van der Waals surface area contributed by atoms with E-state index in [1.165, 1.54) is 0 Å². The van der Waals surface area contributed by atoms with Gasteiger partial charge in [0.05, 0.1) is 5.41 Å². The average Bonchev–Trinajstić information content (AvgIpc) is 2.60. The number of hydrogen-bond donors (Lipinski definition) is 0. The van der Waals surface area contributed by atoms with Crippen molar-refractivity contribution in [2.45, 2.75) is 27.7 Å². The van der Waals surface area contributed by atoms with Crippen molar-refractivity contribution in [2.75, 3.05) is 0 Å². The summed E-state index contributed by atoms with van der Waals surface area (Å²) < 4.78 is 10.8. The number of fused-ring (bicyclic) bond motifs is 3. The molecule has 0 aliphatic rings. The van der Waals surface area contributed by atoms with Crippen LogP contribution in [0.25, 0.3) is 21.5 Å². The third-order valence-electron chi connectivity index (χ3n) is 4.16. The second kappa shape index (κ2) is 6.88. The number of benzene rings is 3. The zero-order valence-corrected chi connectivity index (χ0v) is 16.0. The van der Waals surface area contributed by atoms with Gasteiger partial charge < -0.3 is 9.47 Å². The Hall–Kier alpha value is -3.14. The second-order valence-corrected chi connectivity index (χ2v) is 7.64. The van der Waals surface area contributed by atoms with Gasteiger partial charge in [-0.3, -0.25) is 4.79 Å². The van der Waals surface area contributed by atoms with Crippen molar-refractivity contribution in [1.82, 2.24) is 0 Å². The molecule has 4 heteroatoms. The molecule has 138 valence electrons. The molecule has 0 saturated heterocycles. The Balaban J connectivity index is 1.96. The third-order valence-corrected chi connectivity index (χ3v) is 4.16. The first kappa shape index (κ1) is 18.6. The van der Waals surface area contributed by atoms with E-state index in [9.17, 15) is 9.59 Å². The third kappa shape index (κ3) is 4.00. The number of carbonyl (C=O) groups excluding carboxylic acids is 2. The van der Waals surface area contributed by atoms with Crippen molar-refractivity contribution < 1.29 is 19.1 Å². The summed E-state index contributed by atoms with van der Waals surface area (Å²) >= 11 is 0. The molecule has 0 radical (unpaired) electrons. The zero-order chi connectivity index (χ0) is 19.8. The molecule has 0 atom stereocenters. The van der Waals surface area contributed by atoms with Crippen LogP contribution in [-0.4, -0.2) is 11.9 Å². The highest BCUT2D eigenvalue weighted by atomic mass is 16.5. The lowest BCUT2D eigenvalue weighted by molar-refractivity contribution is -0.143. The molecule has 0 N–H and O–H groups in total. The number of hydrogen-bond acceptors (Lipinski definition) is 4. The number of esters is 2. The van der Waals surface area contributed by atoms with Crippen molar-refractivity contribution in [1.29, 1.82) is 0 Å². The molecule has 0 saturated carbocycles. The fraction of sp³-hybridized carbons (Fsp3) is 0.217. The second-order valence-electron chi connectivity index (χ2n) is 7.64. The monoisotopic (exact) mass is 362 g/mol. The molecule has 0 aliphatic carbocycles. The molecule has 3 aromatic rings. The molecule has 0 spiro atoms. The highest BCUT2D eigenvalue weighted by Gasteiger charge is 2.23. The summed E-state index contributed by atoms with van der Waals surface area (Å²) in [6, 6.07) is 15.0. The minimum atomic E-state index is -0.560. The summed E-state index contributed by atoms with van der Waals surface area (Å²) in [4.78, 5) is 23.8. The predicted molar refractivity (Wildman–Crippen MR) is 107 cm³/mol. The minimum Gasteiger partial charge on any atom is -0.426 e. The van der Waals surface area contributed by atoms with Crippen LogP contribution in [0.4, 0.5) is 0 Å². The molecule has 27 heavy (non-hydrogen) atoms. The fourth-order valence-corrected chi connectivity index (χ4v) is 2.61. The highest BCUT2D eigenvalue weighted by Crippen LogP contribution is 2.31. The summed E-state index contributed by atoms with van der Waals surface area (Å²) in [5, 5.41) is 3.97. The first-order valence-corrected chi connectivity index (χ1v) is 8.72. The van der Waals surface area contributed by atoms with Gasteiger partial charge in [-0.2, -0.15) is 0 Å². The Morgan fingerprint density at radius 3 is 1.74 bits per heavy atom. The van der Waals surface area contributed by atoms with Gasteiger partial charge in [-0.15, -0.1) is 0 Å². The van der Waals surface area contributed by atoms with E-state index in [2.05, 4.69) is 6.58 Å². The maximum atomic E-state index is 12.1. The lowest BCUT2D eigenvalue weighted by Crippen LogP contribution is -2.25. The number of carbonyl (C=O) groups is 2. The van der Waals surface area contributed by atoms with E-state index >= 15 is 0 Å². The van der Waals surface area contributed by atoms with Gasteiger partial charge in [-0.05, 0) is 73.5 Å². The van der Waals surface area contributed by atoms with Crippen molar-refractivity contribution in [3.8, 4) is 11.5 Å².